The second-order valence-electron chi connectivity index (χ2n) is 6.16. The lowest BCUT2D eigenvalue weighted by Gasteiger charge is -2.07. The molecule has 0 aliphatic heterocycles. The Morgan fingerprint density at radius 2 is 1.83 bits per heavy atom. The van der Waals surface area contributed by atoms with Gasteiger partial charge < -0.3 is 9.88 Å². The number of nitrogens with zero attached hydrogens (tertiary/aromatic N) is 2. The third kappa shape index (κ3) is 4.43. The molecule has 3 nitrogen and oxygen atoms in total. The highest BCUT2D eigenvalue weighted by Crippen LogP contribution is 2.20. The normalized spacial score (nSPS) is 11.5. The van der Waals surface area contributed by atoms with Crippen molar-refractivity contribution in [3.8, 4) is 11.3 Å². The van der Waals surface area contributed by atoms with E-state index in [9.17, 15) is 0 Å². The van der Waals surface area contributed by atoms with Crippen LogP contribution in [0.15, 0.2) is 60.8 Å². The van der Waals surface area contributed by atoms with E-state index >= 15 is 0 Å². The van der Waals surface area contributed by atoms with Crippen LogP contribution in [0.1, 0.15) is 17.0 Å². The number of aromatic amines is 1. The zero-order valence-electron chi connectivity index (χ0n) is 14.2. The molecule has 2 aromatic heterocycles. The van der Waals surface area contributed by atoms with E-state index in [1.807, 2.05) is 30.5 Å². The fourth-order valence-electron chi connectivity index (χ4n) is 2.55. The van der Waals surface area contributed by atoms with Crippen LogP contribution >= 0.6 is 0 Å². The van der Waals surface area contributed by atoms with E-state index in [1.54, 1.807) is 0 Å². The van der Waals surface area contributed by atoms with E-state index in [0.29, 0.717) is 0 Å². The monoisotopic (exact) mass is 317 g/mol. The standard InChI is InChI=1S/C21H23N3/c1-24(2)15-13-19-10-11-21(23-19)18-12-14-22-20(16-18)9-8-17-6-4-3-5-7-17/h3-12,14,16,23H,13,15H2,1-2H3/b9-8+. The van der Waals surface area contributed by atoms with E-state index in [2.05, 4.69) is 71.4 Å². The molecule has 0 spiro atoms. The molecule has 0 saturated carbocycles. The van der Waals surface area contributed by atoms with Crippen LogP contribution in [0.4, 0.5) is 0 Å². The van der Waals surface area contributed by atoms with E-state index in [0.717, 1.165) is 29.9 Å². The van der Waals surface area contributed by atoms with Gasteiger partial charge in [-0.15, -0.1) is 0 Å². The highest BCUT2D eigenvalue weighted by Gasteiger charge is 2.03. The Morgan fingerprint density at radius 1 is 1.00 bits per heavy atom. The Morgan fingerprint density at radius 3 is 2.62 bits per heavy atom. The summed E-state index contributed by atoms with van der Waals surface area (Å²) in [7, 11) is 4.19. The number of likely N-dealkylation sites (N-methyl/N-ethyl adjacent to an activating group) is 1. The minimum atomic E-state index is 0.959. The van der Waals surface area contributed by atoms with Crippen molar-refractivity contribution in [2.75, 3.05) is 20.6 Å². The molecule has 0 amide bonds. The van der Waals surface area contributed by atoms with Crippen LogP contribution < -0.4 is 0 Å². The first-order valence-electron chi connectivity index (χ1n) is 8.23. The molecule has 122 valence electrons. The molecule has 0 unspecified atom stereocenters. The number of benzene rings is 1. The number of aromatic nitrogens is 2. The quantitative estimate of drug-likeness (QED) is 0.733. The summed E-state index contributed by atoms with van der Waals surface area (Å²) in [5.74, 6) is 0. The van der Waals surface area contributed by atoms with Crippen LogP contribution in [0.3, 0.4) is 0 Å². The number of nitrogens with one attached hydrogen (secondary N) is 1. The van der Waals surface area contributed by atoms with Crippen LogP contribution in [-0.4, -0.2) is 35.5 Å². The van der Waals surface area contributed by atoms with Gasteiger partial charge in [0.15, 0.2) is 0 Å². The van der Waals surface area contributed by atoms with Gasteiger partial charge in [0.1, 0.15) is 0 Å². The van der Waals surface area contributed by atoms with Crippen LogP contribution in [0.25, 0.3) is 23.4 Å². The van der Waals surface area contributed by atoms with Crippen molar-refractivity contribution < 1.29 is 0 Å². The van der Waals surface area contributed by atoms with Crippen molar-refractivity contribution in [2.24, 2.45) is 0 Å². The zero-order chi connectivity index (χ0) is 16.8. The molecule has 0 aliphatic rings. The lowest BCUT2D eigenvalue weighted by atomic mass is 10.1. The van der Waals surface area contributed by atoms with Gasteiger partial charge in [-0.3, -0.25) is 4.98 Å². The first-order chi connectivity index (χ1) is 11.7. The molecule has 1 aromatic carbocycles. The molecule has 0 radical (unpaired) electrons. The largest absolute Gasteiger partial charge is 0.358 e. The van der Waals surface area contributed by atoms with Gasteiger partial charge in [0.2, 0.25) is 0 Å². The van der Waals surface area contributed by atoms with E-state index < -0.39 is 0 Å². The summed E-state index contributed by atoms with van der Waals surface area (Å²) in [5, 5.41) is 0. The predicted molar refractivity (Wildman–Crippen MR) is 102 cm³/mol. The zero-order valence-corrected chi connectivity index (χ0v) is 14.2. The smallest absolute Gasteiger partial charge is 0.0636 e. The number of H-pyrrole nitrogens is 1. The summed E-state index contributed by atoms with van der Waals surface area (Å²) >= 11 is 0. The van der Waals surface area contributed by atoms with Gasteiger partial charge in [-0.25, -0.2) is 0 Å². The first kappa shape index (κ1) is 16.2. The Labute approximate surface area is 143 Å². The minimum absolute atomic E-state index is 0.959. The van der Waals surface area contributed by atoms with Gasteiger partial charge in [-0.05, 0) is 50.0 Å². The molecule has 3 rings (SSSR count). The van der Waals surface area contributed by atoms with Crippen molar-refractivity contribution in [3.63, 3.8) is 0 Å². The molecule has 3 heteroatoms. The summed E-state index contributed by atoms with van der Waals surface area (Å²) in [6.07, 6.45) is 7.03. The van der Waals surface area contributed by atoms with Gasteiger partial charge >= 0.3 is 0 Å². The van der Waals surface area contributed by atoms with Crippen molar-refractivity contribution >= 4 is 12.2 Å². The van der Waals surface area contributed by atoms with Crippen LogP contribution in [0, 0.1) is 0 Å². The van der Waals surface area contributed by atoms with E-state index in [-0.39, 0.29) is 0 Å². The van der Waals surface area contributed by atoms with Gasteiger partial charge in [-0.1, -0.05) is 36.4 Å². The van der Waals surface area contributed by atoms with Crippen LogP contribution in [-0.2, 0) is 6.42 Å². The molecule has 3 aromatic rings. The Bertz CT molecular complexity index is 801. The maximum absolute atomic E-state index is 4.44. The number of rotatable bonds is 6. The fourth-order valence-corrected chi connectivity index (χ4v) is 2.55. The maximum Gasteiger partial charge on any atom is 0.0636 e. The number of pyridine rings is 1. The van der Waals surface area contributed by atoms with Gasteiger partial charge in [0, 0.05) is 36.1 Å². The summed E-state index contributed by atoms with van der Waals surface area (Å²) < 4.78 is 0. The molecule has 1 N–H and O–H groups in total. The molecule has 24 heavy (non-hydrogen) atoms. The first-order valence-corrected chi connectivity index (χ1v) is 8.23. The minimum Gasteiger partial charge on any atom is -0.358 e. The Balaban J connectivity index is 1.74. The molecule has 0 aliphatic carbocycles. The molecular weight excluding hydrogens is 294 g/mol. The molecule has 0 fully saturated rings. The molecule has 0 atom stereocenters. The predicted octanol–water partition coefficient (Wildman–Crippen LogP) is 4.35. The number of hydrogen-bond acceptors (Lipinski definition) is 2. The SMILES string of the molecule is CN(C)CCc1ccc(-c2ccnc(/C=C/c3ccccc3)c2)[nH]1. The second-order valence-corrected chi connectivity index (χ2v) is 6.16. The average Bonchev–Trinajstić information content (AvgIpc) is 3.08. The van der Waals surface area contributed by atoms with Crippen LogP contribution in [0.2, 0.25) is 0 Å². The third-order valence-corrected chi connectivity index (χ3v) is 3.91. The van der Waals surface area contributed by atoms with Gasteiger partial charge in [0.25, 0.3) is 0 Å². The summed E-state index contributed by atoms with van der Waals surface area (Å²) in [4.78, 5) is 10.1. The van der Waals surface area contributed by atoms with E-state index in [1.165, 1.54) is 11.3 Å². The summed E-state index contributed by atoms with van der Waals surface area (Å²) in [5.41, 5.74) is 5.70. The lowest BCUT2D eigenvalue weighted by molar-refractivity contribution is 0.412. The van der Waals surface area contributed by atoms with Gasteiger partial charge in [-0.2, -0.15) is 0 Å². The Hall–Kier alpha value is -2.65. The van der Waals surface area contributed by atoms with Crippen molar-refractivity contribution in [1.82, 2.24) is 14.9 Å². The van der Waals surface area contributed by atoms with E-state index in [4.69, 9.17) is 0 Å². The third-order valence-electron chi connectivity index (χ3n) is 3.91. The second kappa shape index (κ2) is 7.75. The lowest BCUT2D eigenvalue weighted by Crippen LogP contribution is -2.15. The summed E-state index contributed by atoms with van der Waals surface area (Å²) in [6.45, 7) is 1.04. The Kier molecular flexibility index (Phi) is 5.24. The number of hydrogen-bond donors (Lipinski definition) is 1. The highest BCUT2D eigenvalue weighted by molar-refractivity contribution is 5.71. The molecule has 0 saturated heterocycles. The van der Waals surface area contributed by atoms with Crippen molar-refractivity contribution in [1.29, 1.82) is 0 Å². The maximum atomic E-state index is 4.44. The summed E-state index contributed by atoms with van der Waals surface area (Å²) in [6, 6.07) is 18.7. The fraction of sp³-hybridized carbons (Fsp3) is 0.190. The van der Waals surface area contributed by atoms with Crippen molar-refractivity contribution in [3.05, 3.63) is 77.7 Å². The van der Waals surface area contributed by atoms with Crippen LogP contribution in [0.5, 0.6) is 0 Å². The average molecular weight is 317 g/mol. The molecule has 0 bridgehead atoms. The van der Waals surface area contributed by atoms with Gasteiger partial charge in [0.05, 0.1) is 5.69 Å². The highest BCUT2D eigenvalue weighted by atomic mass is 15.0. The topological polar surface area (TPSA) is 31.9 Å². The van der Waals surface area contributed by atoms with Crippen molar-refractivity contribution in [2.45, 2.75) is 6.42 Å². The molecular formula is C21H23N3. The molecule has 2 heterocycles.